The number of aryl methyl sites for hydroxylation is 1. The smallest absolute Gasteiger partial charge is 0.250 e. The van der Waals surface area contributed by atoms with Crippen molar-refractivity contribution in [1.29, 1.82) is 0 Å². The average Bonchev–Trinajstić information content (AvgIpc) is 3.19. The molecule has 0 spiro atoms. The third-order valence-corrected chi connectivity index (χ3v) is 6.11. The molecule has 7 nitrogen and oxygen atoms in total. The van der Waals surface area contributed by atoms with Gasteiger partial charge < -0.3 is 14.4 Å². The molecule has 174 valence electrons. The van der Waals surface area contributed by atoms with Crippen molar-refractivity contribution in [2.45, 2.75) is 25.5 Å². The van der Waals surface area contributed by atoms with Crippen LogP contribution in [0.4, 0.5) is 0 Å². The van der Waals surface area contributed by atoms with Crippen LogP contribution in [0.25, 0.3) is 11.0 Å². The number of benzene rings is 3. The number of rotatable bonds is 9. The van der Waals surface area contributed by atoms with E-state index in [2.05, 4.69) is 46.3 Å². The van der Waals surface area contributed by atoms with E-state index in [0.29, 0.717) is 24.5 Å². The van der Waals surface area contributed by atoms with E-state index in [9.17, 15) is 9.90 Å². The minimum absolute atomic E-state index is 0.0125. The van der Waals surface area contributed by atoms with Gasteiger partial charge in [-0.3, -0.25) is 4.79 Å². The molecule has 2 N–H and O–H groups in total. The minimum Gasteiger partial charge on any atom is -0.504 e. The molecule has 1 aromatic heterocycles. The molecule has 0 radical (unpaired) electrons. The molecule has 0 atom stereocenters. The number of amides is 1. The number of aromatic hydroxyl groups is 1. The molecule has 0 saturated heterocycles. The Kier molecular flexibility index (Phi) is 7.49. The van der Waals surface area contributed by atoms with E-state index < -0.39 is 0 Å². The van der Waals surface area contributed by atoms with Gasteiger partial charge in [-0.2, -0.15) is 5.10 Å². The summed E-state index contributed by atoms with van der Waals surface area (Å²) in [6.45, 7) is 5.01. The number of carbonyl (C=O) groups excluding carboxylic acids is 1. The summed E-state index contributed by atoms with van der Waals surface area (Å²) in [5.41, 5.74) is 7.26. The largest absolute Gasteiger partial charge is 0.504 e. The maximum atomic E-state index is 12.4. The van der Waals surface area contributed by atoms with Gasteiger partial charge in [0.25, 0.3) is 5.91 Å². The zero-order chi connectivity index (χ0) is 23.9. The number of para-hydroxylation sites is 3. The highest BCUT2D eigenvalue weighted by Gasteiger charge is 2.13. The first-order chi connectivity index (χ1) is 16.5. The molecule has 8 heteroatoms. The van der Waals surface area contributed by atoms with E-state index in [1.165, 1.54) is 29.1 Å². The number of fused-ring (bicyclic) bond motifs is 1. The van der Waals surface area contributed by atoms with Gasteiger partial charge in [0.05, 0.1) is 36.2 Å². The van der Waals surface area contributed by atoms with E-state index in [0.717, 1.165) is 16.2 Å². The molecule has 1 heterocycles. The van der Waals surface area contributed by atoms with E-state index in [-0.39, 0.29) is 17.4 Å². The van der Waals surface area contributed by atoms with E-state index in [1.54, 1.807) is 18.2 Å². The molecule has 0 unspecified atom stereocenters. The molecule has 0 aliphatic carbocycles. The third-order valence-electron chi connectivity index (χ3n) is 5.14. The van der Waals surface area contributed by atoms with Crippen LogP contribution in [0.15, 0.2) is 77.0 Å². The second kappa shape index (κ2) is 10.9. The third kappa shape index (κ3) is 5.58. The summed E-state index contributed by atoms with van der Waals surface area (Å²) >= 11 is 1.36. The van der Waals surface area contributed by atoms with E-state index in [4.69, 9.17) is 9.72 Å². The maximum absolute atomic E-state index is 12.4. The number of phenolic OH excluding ortho intramolecular Hbond substituents is 1. The number of imidazole rings is 1. The predicted molar refractivity (Wildman–Crippen MR) is 136 cm³/mol. The Morgan fingerprint density at radius 2 is 1.94 bits per heavy atom. The number of hydrogen-bond acceptors (Lipinski definition) is 6. The monoisotopic (exact) mass is 474 g/mol. The van der Waals surface area contributed by atoms with Crippen molar-refractivity contribution in [3.05, 3.63) is 83.4 Å². The van der Waals surface area contributed by atoms with Crippen LogP contribution in [-0.2, 0) is 11.3 Å². The fourth-order valence-electron chi connectivity index (χ4n) is 3.44. The molecule has 1 amide bonds. The fraction of sp³-hybridized carbons (Fsp3) is 0.192. The minimum atomic E-state index is -0.268. The lowest BCUT2D eigenvalue weighted by Crippen LogP contribution is -2.20. The van der Waals surface area contributed by atoms with Gasteiger partial charge in [-0.05, 0) is 43.7 Å². The molecular weight excluding hydrogens is 448 g/mol. The van der Waals surface area contributed by atoms with Crippen LogP contribution in [-0.4, -0.2) is 39.1 Å². The maximum Gasteiger partial charge on any atom is 0.250 e. The molecular formula is C26H26N4O3S. The average molecular weight is 475 g/mol. The van der Waals surface area contributed by atoms with Crippen molar-refractivity contribution >= 4 is 34.9 Å². The van der Waals surface area contributed by atoms with Gasteiger partial charge in [0, 0.05) is 5.56 Å². The highest BCUT2D eigenvalue weighted by atomic mass is 32.2. The molecule has 4 rings (SSSR count). The van der Waals surface area contributed by atoms with Gasteiger partial charge in [0.1, 0.15) is 0 Å². The van der Waals surface area contributed by atoms with Crippen molar-refractivity contribution in [3.63, 3.8) is 0 Å². The number of hydrogen-bond donors (Lipinski definition) is 2. The quantitative estimate of drug-likeness (QED) is 0.208. The molecule has 0 fully saturated rings. The van der Waals surface area contributed by atoms with Crippen LogP contribution in [0.1, 0.15) is 23.6 Å². The Hall–Kier alpha value is -3.78. The van der Waals surface area contributed by atoms with Crippen LogP contribution in [0.2, 0.25) is 0 Å². The topological polar surface area (TPSA) is 88.7 Å². The molecule has 34 heavy (non-hydrogen) atoms. The van der Waals surface area contributed by atoms with Crippen LogP contribution in [0.3, 0.4) is 0 Å². The van der Waals surface area contributed by atoms with Crippen LogP contribution in [0, 0.1) is 6.92 Å². The van der Waals surface area contributed by atoms with Gasteiger partial charge in [0.2, 0.25) is 0 Å². The summed E-state index contributed by atoms with van der Waals surface area (Å²) in [4.78, 5) is 17.1. The van der Waals surface area contributed by atoms with E-state index in [1.807, 2.05) is 31.2 Å². The Morgan fingerprint density at radius 3 is 2.74 bits per heavy atom. The number of aromatic nitrogens is 2. The Bertz CT molecular complexity index is 1320. The highest BCUT2D eigenvalue weighted by molar-refractivity contribution is 7.99. The molecule has 4 aromatic rings. The summed E-state index contributed by atoms with van der Waals surface area (Å²) < 4.78 is 7.49. The molecule has 0 aliphatic rings. The number of thioether (sulfide) groups is 1. The predicted octanol–water partition coefficient (Wildman–Crippen LogP) is 4.74. The molecule has 0 bridgehead atoms. The van der Waals surface area contributed by atoms with Crippen molar-refractivity contribution in [2.75, 3.05) is 12.4 Å². The lowest BCUT2D eigenvalue weighted by atomic mass is 10.1. The second-order valence-corrected chi connectivity index (χ2v) is 8.61. The first-order valence-electron chi connectivity index (χ1n) is 11.0. The van der Waals surface area contributed by atoms with Gasteiger partial charge >= 0.3 is 0 Å². The Morgan fingerprint density at radius 1 is 1.15 bits per heavy atom. The van der Waals surface area contributed by atoms with Gasteiger partial charge in [-0.15, -0.1) is 0 Å². The first kappa shape index (κ1) is 23.4. The number of hydrazone groups is 1. The summed E-state index contributed by atoms with van der Waals surface area (Å²) in [5, 5.41) is 15.0. The highest BCUT2D eigenvalue weighted by Crippen LogP contribution is 2.28. The second-order valence-electron chi connectivity index (χ2n) is 7.66. The lowest BCUT2D eigenvalue weighted by molar-refractivity contribution is -0.118. The van der Waals surface area contributed by atoms with Gasteiger partial charge in [0.15, 0.2) is 16.7 Å². The van der Waals surface area contributed by atoms with Crippen LogP contribution >= 0.6 is 11.8 Å². The van der Waals surface area contributed by atoms with Crippen LogP contribution < -0.4 is 10.2 Å². The first-order valence-corrected chi connectivity index (χ1v) is 11.9. The standard InChI is InChI=1S/C26H26N4O3S/c1-3-33-23-10-6-7-20(25(23)32)15-27-29-24(31)17-34-26-28-21-8-4-5-9-22(21)30(26)16-19-13-11-18(2)12-14-19/h4-15,32H,3,16-17H2,1-2H3,(H,29,31). The fourth-order valence-corrected chi connectivity index (χ4v) is 4.25. The van der Waals surface area contributed by atoms with Crippen molar-refractivity contribution < 1.29 is 14.6 Å². The van der Waals surface area contributed by atoms with Crippen molar-refractivity contribution in [1.82, 2.24) is 15.0 Å². The molecule has 0 aliphatic heterocycles. The number of nitrogens with zero attached hydrogens (tertiary/aromatic N) is 3. The van der Waals surface area contributed by atoms with Crippen molar-refractivity contribution in [2.24, 2.45) is 5.10 Å². The zero-order valence-corrected chi connectivity index (χ0v) is 19.9. The lowest BCUT2D eigenvalue weighted by Gasteiger charge is -2.09. The van der Waals surface area contributed by atoms with Crippen LogP contribution in [0.5, 0.6) is 11.5 Å². The van der Waals surface area contributed by atoms with E-state index >= 15 is 0 Å². The molecule has 3 aromatic carbocycles. The van der Waals surface area contributed by atoms with Gasteiger partial charge in [-0.1, -0.05) is 59.8 Å². The van der Waals surface area contributed by atoms with Crippen molar-refractivity contribution in [3.8, 4) is 11.5 Å². The summed E-state index contributed by atoms with van der Waals surface area (Å²) in [6, 6.07) is 21.5. The van der Waals surface area contributed by atoms with Gasteiger partial charge in [-0.25, -0.2) is 10.4 Å². The number of nitrogens with one attached hydrogen (secondary N) is 1. The normalized spacial score (nSPS) is 11.2. The Balaban J connectivity index is 1.43. The number of phenols is 1. The zero-order valence-electron chi connectivity index (χ0n) is 19.1. The number of ether oxygens (including phenoxy) is 1. The molecule has 0 saturated carbocycles. The summed E-state index contributed by atoms with van der Waals surface area (Å²) in [5.74, 6) is 0.248. The SMILES string of the molecule is CCOc1cccc(C=NNC(=O)CSc2nc3ccccc3n2Cc2ccc(C)cc2)c1O. The Labute approximate surface area is 202 Å². The summed E-state index contributed by atoms with van der Waals surface area (Å²) in [6.07, 6.45) is 1.40. The summed E-state index contributed by atoms with van der Waals surface area (Å²) in [7, 11) is 0. The number of carbonyl (C=O) groups is 1.